The van der Waals surface area contributed by atoms with Crippen LogP contribution >= 0.6 is 27.7 Å². The Morgan fingerprint density at radius 1 is 0.896 bits per heavy atom. The van der Waals surface area contributed by atoms with Gasteiger partial charge in [-0.1, -0.05) is 40.2 Å². The number of aliphatic imine (C=N–C) groups is 1. The summed E-state index contributed by atoms with van der Waals surface area (Å²) in [5.74, 6) is 0.315. The van der Waals surface area contributed by atoms with Crippen molar-refractivity contribution in [2.75, 3.05) is 7.11 Å². The van der Waals surface area contributed by atoms with Crippen molar-refractivity contribution in [2.45, 2.75) is 27.0 Å². The summed E-state index contributed by atoms with van der Waals surface area (Å²) in [4.78, 5) is 32.2. The summed E-state index contributed by atoms with van der Waals surface area (Å²) in [6.07, 6.45) is 1.92. The first-order chi connectivity index (χ1) is 23.2. The first kappa shape index (κ1) is 32.9. The molecule has 0 aliphatic carbocycles. The molecule has 6 rings (SSSR count). The molecule has 5 aromatic rings. The van der Waals surface area contributed by atoms with Gasteiger partial charge in [-0.05, 0) is 127 Å². The first-order valence-corrected chi connectivity index (χ1v) is 16.7. The molecule has 8 nitrogen and oxygen atoms in total. The van der Waals surface area contributed by atoms with Crippen molar-refractivity contribution >= 4 is 56.5 Å². The number of carboxylic acid groups (broad SMARTS) is 1. The average Bonchev–Trinajstić information content (AvgIpc) is 3.54. The third kappa shape index (κ3) is 7.40. The summed E-state index contributed by atoms with van der Waals surface area (Å²) in [7, 11) is 1.61. The second-order valence-corrected chi connectivity index (χ2v) is 13.1. The molecule has 4 aromatic carbocycles. The Labute approximate surface area is 291 Å². The van der Waals surface area contributed by atoms with E-state index in [1.165, 1.54) is 11.8 Å². The summed E-state index contributed by atoms with van der Waals surface area (Å²) in [6.45, 7) is 4.80. The fourth-order valence-electron chi connectivity index (χ4n) is 5.34. The highest BCUT2D eigenvalue weighted by Gasteiger charge is 2.34. The maximum atomic E-state index is 13.9. The van der Waals surface area contributed by atoms with Gasteiger partial charge in [0.1, 0.15) is 18.1 Å². The zero-order chi connectivity index (χ0) is 33.8. The van der Waals surface area contributed by atoms with Gasteiger partial charge in [0.05, 0.1) is 29.8 Å². The second-order valence-electron chi connectivity index (χ2n) is 11.2. The number of hydrogen-bond acceptors (Lipinski definition) is 6. The van der Waals surface area contributed by atoms with Gasteiger partial charge in [-0.3, -0.25) is 9.69 Å². The summed E-state index contributed by atoms with van der Waals surface area (Å²) in [5.41, 5.74) is 6.69. The van der Waals surface area contributed by atoms with E-state index in [1.807, 2.05) is 92.7 Å². The maximum absolute atomic E-state index is 13.9. The number of aryl methyl sites for hydroxylation is 1. The second kappa shape index (κ2) is 14.4. The van der Waals surface area contributed by atoms with Gasteiger partial charge in [-0.15, -0.1) is 0 Å². The molecule has 2 heterocycles. The predicted octanol–water partition coefficient (Wildman–Crippen LogP) is 8.95. The van der Waals surface area contributed by atoms with Crippen molar-refractivity contribution in [3.05, 3.63) is 146 Å². The molecule has 1 fully saturated rings. The summed E-state index contributed by atoms with van der Waals surface area (Å²) >= 11 is 4.77. The van der Waals surface area contributed by atoms with Gasteiger partial charge in [-0.2, -0.15) is 0 Å². The smallest absolute Gasteiger partial charge is 0.335 e. The highest BCUT2D eigenvalue weighted by Crippen LogP contribution is 2.37. The number of carbonyl (C=O) groups is 2. The summed E-state index contributed by atoms with van der Waals surface area (Å²) < 4.78 is 14.5. The van der Waals surface area contributed by atoms with E-state index in [-0.39, 0.29) is 18.0 Å². The molecule has 0 radical (unpaired) electrons. The molecule has 1 aliphatic rings. The van der Waals surface area contributed by atoms with Crippen LogP contribution < -0.4 is 9.47 Å². The van der Waals surface area contributed by atoms with Gasteiger partial charge in [-0.25, -0.2) is 9.79 Å². The Balaban J connectivity index is 1.26. The maximum Gasteiger partial charge on any atom is 0.335 e. The van der Waals surface area contributed by atoms with E-state index in [0.29, 0.717) is 28.1 Å². The molecule has 10 heteroatoms. The molecule has 0 saturated carbocycles. The zero-order valence-electron chi connectivity index (χ0n) is 26.5. The van der Waals surface area contributed by atoms with Crippen molar-refractivity contribution in [3.8, 4) is 17.2 Å². The third-order valence-corrected chi connectivity index (χ3v) is 9.43. The van der Waals surface area contributed by atoms with Crippen molar-refractivity contribution < 1.29 is 24.2 Å². The van der Waals surface area contributed by atoms with Crippen LogP contribution in [-0.2, 0) is 17.9 Å². The molecule has 1 saturated heterocycles. The Morgan fingerprint density at radius 2 is 1.54 bits per heavy atom. The van der Waals surface area contributed by atoms with E-state index in [4.69, 9.17) is 14.5 Å². The SMILES string of the molecule is COc1ccc(N=C2S/C(=C\c3cc(C)n(-c4ccc(OCc5ccc(Br)cc5)cc4)c3C)C(=O)N2Cc2ccc(C(=O)O)cc2)cc1. The van der Waals surface area contributed by atoms with E-state index in [1.54, 1.807) is 36.3 Å². The van der Waals surface area contributed by atoms with Crippen molar-refractivity contribution in [1.82, 2.24) is 9.47 Å². The number of halogens is 1. The van der Waals surface area contributed by atoms with Gasteiger partial charge in [0.25, 0.3) is 5.91 Å². The fraction of sp³-hybridized carbons (Fsp3) is 0.132. The molecule has 1 N–H and O–H groups in total. The molecule has 1 aromatic heterocycles. The van der Waals surface area contributed by atoms with Crippen LogP contribution in [0.4, 0.5) is 5.69 Å². The monoisotopic (exact) mass is 721 g/mol. The van der Waals surface area contributed by atoms with Crippen LogP contribution in [0.5, 0.6) is 11.5 Å². The predicted molar refractivity (Wildman–Crippen MR) is 193 cm³/mol. The quantitative estimate of drug-likeness (QED) is 0.145. The number of carboxylic acids is 1. The van der Waals surface area contributed by atoms with E-state index in [2.05, 4.69) is 26.6 Å². The average molecular weight is 723 g/mol. The Morgan fingerprint density at radius 3 is 2.19 bits per heavy atom. The highest BCUT2D eigenvalue weighted by atomic mass is 79.9. The van der Waals surface area contributed by atoms with Crippen LogP contribution in [0.25, 0.3) is 11.8 Å². The minimum Gasteiger partial charge on any atom is -0.497 e. The first-order valence-electron chi connectivity index (χ1n) is 15.1. The number of carbonyl (C=O) groups excluding carboxylic acids is 1. The van der Waals surface area contributed by atoms with E-state index in [0.717, 1.165) is 44.0 Å². The highest BCUT2D eigenvalue weighted by molar-refractivity contribution is 9.10. The van der Waals surface area contributed by atoms with Gasteiger partial charge < -0.3 is 19.1 Å². The fourth-order valence-corrected chi connectivity index (χ4v) is 6.60. The van der Waals surface area contributed by atoms with Crippen LogP contribution in [0.1, 0.15) is 38.4 Å². The zero-order valence-corrected chi connectivity index (χ0v) is 28.9. The molecule has 0 bridgehead atoms. The Hall–Kier alpha value is -5.06. The molecule has 0 atom stereocenters. The minimum atomic E-state index is -1.00. The van der Waals surface area contributed by atoms with Crippen LogP contribution in [0.15, 0.2) is 117 Å². The number of methoxy groups -OCH3 is 1. The Bertz CT molecular complexity index is 2020. The van der Waals surface area contributed by atoms with E-state index < -0.39 is 5.97 Å². The number of hydrogen-bond donors (Lipinski definition) is 1. The van der Waals surface area contributed by atoms with Crippen LogP contribution in [-0.4, -0.2) is 38.7 Å². The molecule has 242 valence electrons. The van der Waals surface area contributed by atoms with Crippen molar-refractivity contribution in [1.29, 1.82) is 0 Å². The Kier molecular flexibility index (Phi) is 9.84. The molecule has 48 heavy (non-hydrogen) atoms. The van der Waals surface area contributed by atoms with E-state index >= 15 is 0 Å². The number of ether oxygens (including phenoxy) is 2. The molecule has 1 aliphatic heterocycles. The number of amidine groups is 1. The van der Waals surface area contributed by atoms with Gasteiger partial charge in [0.15, 0.2) is 5.17 Å². The summed E-state index contributed by atoms with van der Waals surface area (Å²) in [6, 6.07) is 31.9. The van der Waals surface area contributed by atoms with Gasteiger partial charge in [0, 0.05) is 21.5 Å². The normalized spacial score (nSPS) is 14.6. The number of thioether (sulfide) groups is 1. The number of rotatable bonds is 10. The van der Waals surface area contributed by atoms with Crippen LogP contribution in [0, 0.1) is 13.8 Å². The van der Waals surface area contributed by atoms with Crippen molar-refractivity contribution in [2.24, 2.45) is 4.99 Å². The lowest BCUT2D eigenvalue weighted by Crippen LogP contribution is -2.28. The molecular formula is C38H32BrN3O5S. The standard InChI is InChI=1S/C38H32BrN3O5S/c1-24-20-29(25(2)42(24)32-14-18-34(19-15-32)47-23-27-6-10-30(39)11-7-27)21-35-36(43)41(22-26-4-8-28(9-5-26)37(44)45)38(48-35)40-31-12-16-33(46-3)17-13-31/h4-21H,22-23H2,1-3H3,(H,44,45)/b35-21-,40-38?. The van der Waals surface area contributed by atoms with Crippen molar-refractivity contribution in [3.63, 3.8) is 0 Å². The number of aromatic nitrogens is 1. The summed E-state index contributed by atoms with van der Waals surface area (Å²) in [5, 5.41) is 9.84. The van der Waals surface area contributed by atoms with Crippen LogP contribution in [0.3, 0.4) is 0 Å². The largest absolute Gasteiger partial charge is 0.497 e. The molecule has 0 unspecified atom stereocenters. The third-order valence-electron chi connectivity index (χ3n) is 7.90. The van der Waals surface area contributed by atoms with Gasteiger partial charge >= 0.3 is 5.97 Å². The van der Waals surface area contributed by atoms with Crippen LogP contribution in [0.2, 0.25) is 0 Å². The molecule has 0 spiro atoms. The minimum absolute atomic E-state index is 0.174. The lowest BCUT2D eigenvalue weighted by Gasteiger charge is -2.16. The molecule has 1 amide bonds. The van der Waals surface area contributed by atoms with Gasteiger partial charge in [0.2, 0.25) is 0 Å². The number of aromatic carboxylic acids is 1. The number of nitrogens with zero attached hydrogens (tertiary/aromatic N) is 3. The number of amides is 1. The molecular weight excluding hydrogens is 690 g/mol. The van der Waals surface area contributed by atoms with E-state index in [9.17, 15) is 14.7 Å². The lowest BCUT2D eigenvalue weighted by atomic mass is 10.1. The number of benzene rings is 4. The topological polar surface area (TPSA) is 93.4 Å². The lowest BCUT2D eigenvalue weighted by molar-refractivity contribution is -0.122.